The first-order valence-electron chi connectivity index (χ1n) is 4.32. The smallest absolute Gasteiger partial charge is 0.166 e. The minimum absolute atomic E-state index is 0.162. The highest BCUT2D eigenvalue weighted by Gasteiger charge is 2.14. The molecule has 2 nitrogen and oxygen atoms in total. The van der Waals surface area contributed by atoms with Crippen molar-refractivity contribution in [3.63, 3.8) is 0 Å². The van der Waals surface area contributed by atoms with Crippen molar-refractivity contribution < 1.29 is 9.18 Å². The summed E-state index contributed by atoms with van der Waals surface area (Å²) in [6.45, 7) is 1.66. The Hall–Kier alpha value is -1.69. The van der Waals surface area contributed by atoms with Crippen LogP contribution < -0.4 is 0 Å². The lowest BCUT2D eigenvalue weighted by molar-refractivity contribution is 0.0931. The number of Topliss-reactive ketones (excluding diaryl/α,β-unsaturated/α-hetero) is 1. The summed E-state index contributed by atoms with van der Waals surface area (Å²) in [6.07, 6.45) is 0.162. The fourth-order valence-corrected chi connectivity index (χ4v) is 1.16. The standard InChI is InChI=1S/C11H10FNO/c1-8(5-6-13)11(14)9-3-2-4-10(12)7-9/h2-4,7-8H,5H2,1H3. The van der Waals surface area contributed by atoms with Gasteiger partial charge in [0.1, 0.15) is 5.82 Å². The molecule has 0 N–H and O–H groups in total. The van der Waals surface area contributed by atoms with Gasteiger partial charge in [-0.3, -0.25) is 4.79 Å². The van der Waals surface area contributed by atoms with E-state index in [1.807, 2.05) is 6.07 Å². The van der Waals surface area contributed by atoms with E-state index in [0.717, 1.165) is 0 Å². The molecule has 0 spiro atoms. The van der Waals surface area contributed by atoms with Crippen LogP contribution in [0.2, 0.25) is 0 Å². The zero-order valence-corrected chi connectivity index (χ0v) is 7.83. The van der Waals surface area contributed by atoms with Crippen LogP contribution in [0.3, 0.4) is 0 Å². The van der Waals surface area contributed by atoms with Gasteiger partial charge in [-0.25, -0.2) is 4.39 Å². The molecule has 0 saturated carbocycles. The van der Waals surface area contributed by atoms with Crippen LogP contribution in [0.5, 0.6) is 0 Å². The highest BCUT2D eigenvalue weighted by atomic mass is 19.1. The number of ketones is 1. The predicted molar refractivity (Wildman–Crippen MR) is 50.1 cm³/mol. The summed E-state index contributed by atoms with van der Waals surface area (Å²) in [6, 6.07) is 7.43. The predicted octanol–water partition coefficient (Wildman–Crippen LogP) is 2.56. The largest absolute Gasteiger partial charge is 0.294 e. The second-order valence-corrected chi connectivity index (χ2v) is 3.14. The Morgan fingerprint density at radius 2 is 2.36 bits per heavy atom. The number of hydrogen-bond donors (Lipinski definition) is 0. The Bertz CT molecular complexity index is 381. The van der Waals surface area contributed by atoms with Crippen molar-refractivity contribution in [1.82, 2.24) is 0 Å². The van der Waals surface area contributed by atoms with Crippen LogP contribution in [-0.2, 0) is 0 Å². The normalized spacial score (nSPS) is 11.8. The topological polar surface area (TPSA) is 40.9 Å². The maximum atomic E-state index is 12.8. The maximum absolute atomic E-state index is 12.8. The molecular formula is C11H10FNO. The van der Waals surface area contributed by atoms with Gasteiger partial charge in [0.25, 0.3) is 0 Å². The number of halogens is 1. The van der Waals surface area contributed by atoms with Crippen LogP contribution in [0.1, 0.15) is 23.7 Å². The van der Waals surface area contributed by atoms with Gasteiger partial charge in [-0.1, -0.05) is 19.1 Å². The van der Waals surface area contributed by atoms with E-state index in [9.17, 15) is 9.18 Å². The SMILES string of the molecule is CC(CC#N)C(=O)c1cccc(F)c1. The fourth-order valence-electron chi connectivity index (χ4n) is 1.16. The van der Waals surface area contributed by atoms with E-state index in [-0.39, 0.29) is 18.1 Å². The quantitative estimate of drug-likeness (QED) is 0.689. The molecule has 0 aliphatic heterocycles. The van der Waals surface area contributed by atoms with Crippen molar-refractivity contribution >= 4 is 5.78 Å². The Morgan fingerprint density at radius 1 is 1.64 bits per heavy atom. The van der Waals surface area contributed by atoms with Gasteiger partial charge < -0.3 is 0 Å². The molecule has 0 fully saturated rings. The molecule has 1 rings (SSSR count). The molecule has 0 heterocycles. The third-order valence-electron chi connectivity index (χ3n) is 1.95. The first-order chi connectivity index (χ1) is 6.65. The molecule has 72 valence electrons. The fraction of sp³-hybridized carbons (Fsp3) is 0.273. The molecule has 1 unspecified atom stereocenters. The van der Waals surface area contributed by atoms with E-state index in [1.54, 1.807) is 13.0 Å². The van der Waals surface area contributed by atoms with E-state index < -0.39 is 5.82 Å². The van der Waals surface area contributed by atoms with E-state index in [0.29, 0.717) is 5.56 Å². The molecule has 14 heavy (non-hydrogen) atoms. The molecular weight excluding hydrogens is 181 g/mol. The number of nitrogens with zero attached hydrogens (tertiary/aromatic N) is 1. The highest BCUT2D eigenvalue weighted by Crippen LogP contribution is 2.12. The van der Waals surface area contributed by atoms with Gasteiger partial charge in [-0.2, -0.15) is 5.26 Å². The summed E-state index contributed by atoms with van der Waals surface area (Å²) < 4.78 is 12.8. The van der Waals surface area contributed by atoms with Crippen LogP contribution in [0.15, 0.2) is 24.3 Å². The molecule has 0 aliphatic carbocycles. The minimum Gasteiger partial charge on any atom is -0.294 e. The highest BCUT2D eigenvalue weighted by molar-refractivity contribution is 5.97. The Kier molecular flexibility index (Phi) is 3.35. The van der Waals surface area contributed by atoms with Crippen LogP contribution in [-0.4, -0.2) is 5.78 Å². The molecule has 0 amide bonds. The summed E-state index contributed by atoms with van der Waals surface area (Å²) in [5.74, 6) is -0.993. The lowest BCUT2D eigenvalue weighted by Gasteiger charge is -2.05. The van der Waals surface area contributed by atoms with Crippen LogP contribution in [0, 0.1) is 23.1 Å². The number of carbonyl (C=O) groups excluding carboxylic acids is 1. The summed E-state index contributed by atoms with van der Waals surface area (Å²) in [5.41, 5.74) is 0.327. The average molecular weight is 191 g/mol. The molecule has 0 aliphatic rings. The first-order valence-corrected chi connectivity index (χ1v) is 4.32. The van der Waals surface area contributed by atoms with Crippen molar-refractivity contribution in [2.24, 2.45) is 5.92 Å². The molecule has 1 aromatic rings. The van der Waals surface area contributed by atoms with Crippen molar-refractivity contribution in [2.75, 3.05) is 0 Å². The lowest BCUT2D eigenvalue weighted by atomic mass is 9.97. The van der Waals surface area contributed by atoms with E-state index >= 15 is 0 Å². The first kappa shape index (κ1) is 10.4. The van der Waals surface area contributed by atoms with Crippen LogP contribution in [0.25, 0.3) is 0 Å². The number of benzene rings is 1. The van der Waals surface area contributed by atoms with Crippen molar-refractivity contribution in [1.29, 1.82) is 5.26 Å². The van der Waals surface area contributed by atoms with Crippen molar-refractivity contribution in [3.8, 4) is 6.07 Å². The van der Waals surface area contributed by atoms with Gasteiger partial charge in [0.05, 0.1) is 6.07 Å². The Morgan fingerprint density at radius 3 is 2.93 bits per heavy atom. The number of hydrogen-bond acceptors (Lipinski definition) is 2. The van der Waals surface area contributed by atoms with Gasteiger partial charge in [0.15, 0.2) is 5.78 Å². The lowest BCUT2D eigenvalue weighted by Crippen LogP contribution is -2.10. The van der Waals surface area contributed by atoms with Crippen LogP contribution in [0.4, 0.5) is 4.39 Å². The third-order valence-corrected chi connectivity index (χ3v) is 1.95. The third kappa shape index (κ3) is 2.40. The molecule has 1 atom stereocenters. The minimum atomic E-state index is -0.431. The van der Waals surface area contributed by atoms with Gasteiger partial charge in [0.2, 0.25) is 0 Å². The summed E-state index contributed by atoms with van der Waals surface area (Å²) in [5, 5.41) is 8.41. The monoisotopic (exact) mass is 191 g/mol. The number of rotatable bonds is 3. The van der Waals surface area contributed by atoms with Gasteiger partial charge in [-0.05, 0) is 12.1 Å². The molecule has 0 radical (unpaired) electrons. The van der Waals surface area contributed by atoms with Gasteiger partial charge >= 0.3 is 0 Å². The summed E-state index contributed by atoms with van der Waals surface area (Å²) in [7, 11) is 0. The van der Waals surface area contributed by atoms with E-state index in [2.05, 4.69) is 0 Å². The zero-order valence-electron chi connectivity index (χ0n) is 7.83. The van der Waals surface area contributed by atoms with Crippen molar-refractivity contribution in [3.05, 3.63) is 35.6 Å². The second-order valence-electron chi connectivity index (χ2n) is 3.14. The molecule has 0 bridgehead atoms. The van der Waals surface area contributed by atoms with Crippen LogP contribution >= 0.6 is 0 Å². The molecule has 0 saturated heterocycles. The molecule has 1 aromatic carbocycles. The zero-order chi connectivity index (χ0) is 10.6. The van der Waals surface area contributed by atoms with Gasteiger partial charge in [0, 0.05) is 17.9 Å². The molecule has 0 aromatic heterocycles. The molecule has 3 heteroatoms. The van der Waals surface area contributed by atoms with E-state index in [1.165, 1.54) is 18.2 Å². The van der Waals surface area contributed by atoms with Gasteiger partial charge in [-0.15, -0.1) is 0 Å². The number of carbonyl (C=O) groups is 1. The number of nitriles is 1. The summed E-state index contributed by atoms with van der Waals surface area (Å²) in [4.78, 5) is 11.6. The second kappa shape index (κ2) is 4.52. The van der Waals surface area contributed by atoms with E-state index in [4.69, 9.17) is 5.26 Å². The average Bonchev–Trinajstić information content (AvgIpc) is 2.17. The Balaban J connectivity index is 2.85. The summed E-state index contributed by atoms with van der Waals surface area (Å²) >= 11 is 0. The van der Waals surface area contributed by atoms with Crippen molar-refractivity contribution in [2.45, 2.75) is 13.3 Å². The Labute approximate surface area is 82.0 Å². The maximum Gasteiger partial charge on any atom is 0.166 e.